The minimum Gasteiger partial charge on any atom is -0.497 e. The molecule has 3 heteroatoms. The maximum Gasteiger partial charge on any atom is 0.119 e. The number of nitrogens with zero attached hydrogens (tertiary/aromatic N) is 1. The van der Waals surface area contributed by atoms with Crippen LogP contribution < -0.4 is 4.74 Å². The van der Waals surface area contributed by atoms with E-state index in [2.05, 4.69) is 11.0 Å². The van der Waals surface area contributed by atoms with E-state index in [1.165, 1.54) is 5.56 Å². The molecule has 0 aliphatic carbocycles. The van der Waals surface area contributed by atoms with Crippen molar-refractivity contribution in [1.29, 1.82) is 0 Å². The van der Waals surface area contributed by atoms with Crippen molar-refractivity contribution in [3.63, 3.8) is 0 Å². The second-order valence-corrected chi connectivity index (χ2v) is 5.36. The number of benzene rings is 2. The van der Waals surface area contributed by atoms with Gasteiger partial charge in [-0.05, 0) is 37.2 Å². The van der Waals surface area contributed by atoms with Gasteiger partial charge in [0.1, 0.15) is 5.75 Å². The van der Waals surface area contributed by atoms with E-state index in [4.69, 9.17) is 4.74 Å². The van der Waals surface area contributed by atoms with Crippen molar-refractivity contribution >= 4 is 0 Å². The number of hydrogen-bond donors (Lipinski definition) is 1. The summed E-state index contributed by atoms with van der Waals surface area (Å²) in [5.41, 5.74) is 2.12. The molecule has 2 rings (SSSR count). The van der Waals surface area contributed by atoms with Gasteiger partial charge >= 0.3 is 0 Å². The first-order valence-corrected chi connectivity index (χ1v) is 7.18. The number of aliphatic hydroxyl groups is 1. The SMILES string of the molecule is COc1cccc(CN(C)[C@H](C)[C@H](O)c2ccccc2)c1. The number of aliphatic hydroxyl groups excluding tert-OH is 1. The summed E-state index contributed by atoms with van der Waals surface area (Å²) in [5, 5.41) is 10.5. The zero-order valence-corrected chi connectivity index (χ0v) is 12.9. The van der Waals surface area contributed by atoms with Gasteiger partial charge in [-0.15, -0.1) is 0 Å². The first-order valence-electron chi connectivity index (χ1n) is 7.18. The normalized spacial score (nSPS) is 14.0. The highest BCUT2D eigenvalue weighted by Crippen LogP contribution is 2.22. The Morgan fingerprint density at radius 3 is 2.48 bits per heavy atom. The first-order chi connectivity index (χ1) is 10.1. The molecule has 0 amide bonds. The molecule has 1 N–H and O–H groups in total. The van der Waals surface area contributed by atoms with Gasteiger partial charge in [-0.2, -0.15) is 0 Å². The fraction of sp³-hybridized carbons (Fsp3) is 0.333. The molecule has 0 fully saturated rings. The lowest BCUT2D eigenvalue weighted by atomic mass is 10.0. The number of ether oxygens (including phenoxy) is 1. The Balaban J connectivity index is 2.03. The summed E-state index contributed by atoms with van der Waals surface area (Å²) in [6.07, 6.45) is -0.498. The Hall–Kier alpha value is -1.84. The maximum atomic E-state index is 10.5. The molecule has 0 heterocycles. The van der Waals surface area contributed by atoms with Crippen LogP contribution >= 0.6 is 0 Å². The molecule has 0 spiro atoms. The van der Waals surface area contributed by atoms with Crippen LogP contribution in [0.2, 0.25) is 0 Å². The molecule has 21 heavy (non-hydrogen) atoms. The highest BCUT2D eigenvalue weighted by Gasteiger charge is 2.20. The lowest BCUT2D eigenvalue weighted by molar-refractivity contribution is 0.0688. The van der Waals surface area contributed by atoms with Gasteiger partial charge in [0, 0.05) is 12.6 Å². The van der Waals surface area contributed by atoms with Crippen LogP contribution in [0.3, 0.4) is 0 Å². The summed E-state index contributed by atoms with van der Waals surface area (Å²) in [6.45, 7) is 2.81. The monoisotopic (exact) mass is 285 g/mol. The van der Waals surface area contributed by atoms with Crippen molar-refractivity contribution in [1.82, 2.24) is 4.90 Å². The van der Waals surface area contributed by atoms with Crippen LogP contribution in [0.4, 0.5) is 0 Å². The van der Waals surface area contributed by atoms with E-state index in [0.717, 1.165) is 17.9 Å². The Kier molecular flexibility index (Phi) is 5.37. The van der Waals surface area contributed by atoms with Gasteiger partial charge in [-0.25, -0.2) is 0 Å². The summed E-state index contributed by atoms with van der Waals surface area (Å²) in [6, 6.07) is 17.8. The van der Waals surface area contributed by atoms with Gasteiger partial charge in [-0.3, -0.25) is 4.90 Å². The molecule has 2 aromatic rings. The minimum absolute atomic E-state index is 0.0265. The fourth-order valence-electron chi connectivity index (χ4n) is 2.37. The van der Waals surface area contributed by atoms with Gasteiger partial charge < -0.3 is 9.84 Å². The van der Waals surface area contributed by atoms with Gasteiger partial charge in [0.05, 0.1) is 13.2 Å². The van der Waals surface area contributed by atoms with Crippen LogP contribution in [0.1, 0.15) is 24.2 Å². The second kappa shape index (κ2) is 7.25. The van der Waals surface area contributed by atoms with E-state index in [1.807, 2.05) is 62.5 Å². The molecule has 112 valence electrons. The van der Waals surface area contributed by atoms with E-state index < -0.39 is 6.10 Å². The fourth-order valence-corrected chi connectivity index (χ4v) is 2.37. The Morgan fingerprint density at radius 2 is 1.81 bits per heavy atom. The molecule has 0 aromatic heterocycles. The molecule has 0 aliphatic heterocycles. The molecule has 0 saturated heterocycles. The third-order valence-electron chi connectivity index (χ3n) is 3.86. The molecule has 0 radical (unpaired) electrons. The van der Waals surface area contributed by atoms with Crippen LogP contribution in [-0.2, 0) is 6.54 Å². The van der Waals surface area contributed by atoms with Crippen molar-refractivity contribution in [3.8, 4) is 5.75 Å². The van der Waals surface area contributed by atoms with E-state index in [-0.39, 0.29) is 6.04 Å². The van der Waals surface area contributed by atoms with E-state index in [0.29, 0.717) is 0 Å². The molecule has 2 aromatic carbocycles. The summed E-state index contributed by atoms with van der Waals surface area (Å²) in [4.78, 5) is 2.15. The van der Waals surface area contributed by atoms with Gasteiger partial charge in [-0.1, -0.05) is 42.5 Å². The number of rotatable bonds is 6. The quantitative estimate of drug-likeness (QED) is 0.884. The average Bonchev–Trinajstić information content (AvgIpc) is 2.54. The summed E-state index contributed by atoms with van der Waals surface area (Å²) in [7, 11) is 3.70. The number of methoxy groups -OCH3 is 1. The predicted molar refractivity (Wildman–Crippen MR) is 85.3 cm³/mol. The first kappa shape index (κ1) is 15.5. The van der Waals surface area contributed by atoms with E-state index >= 15 is 0 Å². The molecule has 0 saturated carbocycles. The Morgan fingerprint density at radius 1 is 1.10 bits per heavy atom. The zero-order valence-electron chi connectivity index (χ0n) is 12.9. The highest BCUT2D eigenvalue weighted by molar-refractivity contribution is 5.28. The summed E-state index contributed by atoms with van der Waals surface area (Å²) < 4.78 is 5.25. The molecule has 2 atom stereocenters. The second-order valence-electron chi connectivity index (χ2n) is 5.36. The Labute approximate surface area is 126 Å². The van der Waals surface area contributed by atoms with E-state index in [1.54, 1.807) is 7.11 Å². The Bertz CT molecular complexity index is 556. The molecule has 0 aliphatic rings. The van der Waals surface area contributed by atoms with Crippen molar-refractivity contribution in [2.45, 2.75) is 25.6 Å². The standard InChI is InChI=1S/C18H23NO2/c1-14(18(20)16-9-5-4-6-10-16)19(2)13-15-8-7-11-17(12-15)21-3/h4-12,14,18,20H,13H2,1-3H3/t14-,18+/m1/s1. The number of likely N-dealkylation sites (N-methyl/N-ethyl adjacent to an activating group) is 1. The van der Waals surface area contributed by atoms with Crippen molar-refractivity contribution in [3.05, 3.63) is 65.7 Å². The van der Waals surface area contributed by atoms with Crippen LogP contribution in [0.15, 0.2) is 54.6 Å². The van der Waals surface area contributed by atoms with Crippen molar-refractivity contribution in [2.75, 3.05) is 14.2 Å². The van der Waals surface area contributed by atoms with Gasteiger partial charge in [0.15, 0.2) is 0 Å². The maximum absolute atomic E-state index is 10.5. The molecule has 3 nitrogen and oxygen atoms in total. The largest absolute Gasteiger partial charge is 0.497 e. The highest BCUT2D eigenvalue weighted by atomic mass is 16.5. The minimum atomic E-state index is -0.498. The molecule has 0 unspecified atom stereocenters. The molecule has 0 bridgehead atoms. The smallest absolute Gasteiger partial charge is 0.119 e. The molecular weight excluding hydrogens is 262 g/mol. The van der Waals surface area contributed by atoms with Crippen LogP contribution in [-0.4, -0.2) is 30.2 Å². The topological polar surface area (TPSA) is 32.7 Å². The van der Waals surface area contributed by atoms with Gasteiger partial charge in [0.25, 0.3) is 0 Å². The van der Waals surface area contributed by atoms with E-state index in [9.17, 15) is 5.11 Å². The third-order valence-corrected chi connectivity index (χ3v) is 3.86. The number of hydrogen-bond acceptors (Lipinski definition) is 3. The summed E-state index contributed by atoms with van der Waals surface area (Å²) >= 11 is 0. The summed E-state index contributed by atoms with van der Waals surface area (Å²) in [5.74, 6) is 0.858. The van der Waals surface area contributed by atoms with Gasteiger partial charge in [0.2, 0.25) is 0 Å². The van der Waals surface area contributed by atoms with Crippen molar-refractivity contribution < 1.29 is 9.84 Å². The third kappa shape index (κ3) is 4.06. The van der Waals surface area contributed by atoms with Crippen molar-refractivity contribution in [2.24, 2.45) is 0 Å². The van der Waals surface area contributed by atoms with Crippen LogP contribution in [0, 0.1) is 0 Å². The predicted octanol–water partition coefficient (Wildman–Crippen LogP) is 3.25. The lowest BCUT2D eigenvalue weighted by Crippen LogP contribution is -2.33. The van der Waals surface area contributed by atoms with Crippen LogP contribution in [0.5, 0.6) is 5.75 Å². The lowest BCUT2D eigenvalue weighted by Gasteiger charge is -2.29. The zero-order chi connectivity index (χ0) is 15.2. The van der Waals surface area contributed by atoms with Crippen LogP contribution in [0.25, 0.3) is 0 Å². The molecular formula is C18H23NO2. The average molecular weight is 285 g/mol.